The first-order chi connectivity index (χ1) is 12.6. The molecule has 1 fully saturated rings. The molecule has 6 nitrogen and oxygen atoms in total. The lowest BCUT2D eigenvalue weighted by Crippen LogP contribution is -2.45. The van der Waals surface area contributed by atoms with Crippen molar-refractivity contribution in [3.8, 4) is 0 Å². The number of benzene rings is 1. The third-order valence-electron chi connectivity index (χ3n) is 4.90. The largest absolute Gasteiger partial charge is 0.334 e. The maximum atomic E-state index is 12.6. The number of hydrogen-bond donors (Lipinski definition) is 1. The topological polar surface area (TPSA) is 53.4 Å². The number of likely N-dealkylation sites (N-methyl/N-ethyl adjacent to an activating group) is 1. The average molecular weight is 355 g/mol. The molecule has 0 radical (unpaired) electrons. The van der Waals surface area contributed by atoms with E-state index in [-0.39, 0.29) is 6.03 Å². The van der Waals surface area contributed by atoms with Gasteiger partial charge in [-0.3, -0.25) is 0 Å². The smallest absolute Gasteiger partial charge is 0.317 e. The number of carbonyl (C=O) groups excluding carboxylic acids is 1. The summed E-state index contributed by atoms with van der Waals surface area (Å²) in [7, 11) is 4.16. The van der Waals surface area contributed by atoms with E-state index >= 15 is 0 Å². The second kappa shape index (κ2) is 8.85. The van der Waals surface area contributed by atoms with Crippen LogP contribution in [0.4, 0.5) is 4.79 Å². The number of nitrogens with zero attached hydrogens (tertiary/aromatic N) is 4. The van der Waals surface area contributed by atoms with Crippen molar-refractivity contribution in [3.63, 3.8) is 0 Å². The first-order valence-corrected chi connectivity index (χ1v) is 9.36. The van der Waals surface area contributed by atoms with Gasteiger partial charge in [-0.05, 0) is 32.5 Å². The lowest BCUT2D eigenvalue weighted by molar-refractivity contribution is 0.177. The SMILES string of the molecule is CN(C)CCn1ccnc1[C@H]1CCCN(C(=O)NCc2ccccc2)C1. The van der Waals surface area contributed by atoms with Gasteiger partial charge in [0.2, 0.25) is 0 Å². The van der Waals surface area contributed by atoms with Gasteiger partial charge in [-0.1, -0.05) is 30.3 Å². The molecule has 26 heavy (non-hydrogen) atoms. The van der Waals surface area contributed by atoms with E-state index in [0.717, 1.165) is 50.4 Å². The van der Waals surface area contributed by atoms with Crippen LogP contribution in [0, 0.1) is 0 Å². The Bertz CT molecular complexity index is 697. The van der Waals surface area contributed by atoms with E-state index in [9.17, 15) is 4.79 Å². The van der Waals surface area contributed by atoms with Crippen LogP contribution in [0.5, 0.6) is 0 Å². The van der Waals surface area contributed by atoms with Crippen molar-refractivity contribution in [2.24, 2.45) is 0 Å². The average Bonchev–Trinajstić information content (AvgIpc) is 3.14. The van der Waals surface area contributed by atoms with E-state index in [1.54, 1.807) is 0 Å². The van der Waals surface area contributed by atoms with Gasteiger partial charge in [0, 0.05) is 51.0 Å². The van der Waals surface area contributed by atoms with Crippen molar-refractivity contribution >= 4 is 6.03 Å². The summed E-state index contributed by atoms with van der Waals surface area (Å²) in [6.07, 6.45) is 6.03. The van der Waals surface area contributed by atoms with Crippen molar-refractivity contribution in [2.45, 2.75) is 31.8 Å². The minimum absolute atomic E-state index is 0.0185. The van der Waals surface area contributed by atoms with Gasteiger partial charge in [-0.25, -0.2) is 9.78 Å². The molecule has 1 saturated heterocycles. The summed E-state index contributed by atoms with van der Waals surface area (Å²) in [5, 5.41) is 3.04. The molecule has 1 aromatic carbocycles. The molecule has 6 heteroatoms. The number of carbonyl (C=O) groups is 1. The van der Waals surface area contributed by atoms with Gasteiger partial charge in [0.1, 0.15) is 5.82 Å². The molecule has 0 aliphatic carbocycles. The number of hydrogen-bond acceptors (Lipinski definition) is 3. The van der Waals surface area contributed by atoms with Crippen LogP contribution in [0.2, 0.25) is 0 Å². The number of nitrogens with one attached hydrogen (secondary N) is 1. The van der Waals surface area contributed by atoms with Crippen LogP contribution in [0.3, 0.4) is 0 Å². The Morgan fingerprint density at radius 2 is 2.12 bits per heavy atom. The van der Waals surface area contributed by atoms with Crippen molar-refractivity contribution in [2.75, 3.05) is 33.7 Å². The molecule has 1 aliphatic heterocycles. The molecule has 140 valence electrons. The summed E-state index contributed by atoms with van der Waals surface area (Å²) in [6, 6.07) is 10.0. The van der Waals surface area contributed by atoms with E-state index in [1.807, 2.05) is 47.6 Å². The second-order valence-electron chi connectivity index (χ2n) is 7.21. The van der Waals surface area contributed by atoms with Crippen LogP contribution >= 0.6 is 0 Å². The van der Waals surface area contributed by atoms with Crippen molar-refractivity contribution in [1.29, 1.82) is 0 Å². The Kier molecular flexibility index (Phi) is 6.28. The van der Waals surface area contributed by atoms with Crippen molar-refractivity contribution in [1.82, 2.24) is 24.7 Å². The number of likely N-dealkylation sites (tertiary alicyclic amines) is 1. The molecule has 3 rings (SSSR count). The summed E-state index contributed by atoms with van der Waals surface area (Å²) in [5.74, 6) is 1.41. The first-order valence-electron chi connectivity index (χ1n) is 9.36. The Hall–Kier alpha value is -2.34. The molecular weight excluding hydrogens is 326 g/mol. The zero-order valence-electron chi connectivity index (χ0n) is 15.8. The van der Waals surface area contributed by atoms with Crippen LogP contribution in [0.25, 0.3) is 0 Å². The van der Waals surface area contributed by atoms with Gasteiger partial charge in [0.25, 0.3) is 0 Å². The normalized spacial score (nSPS) is 17.5. The van der Waals surface area contributed by atoms with Crippen LogP contribution in [0.15, 0.2) is 42.7 Å². The molecule has 2 aromatic rings. The zero-order valence-corrected chi connectivity index (χ0v) is 15.8. The Morgan fingerprint density at radius 3 is 2.88 bits per heavy atom. The second-order valence-corrected chi connectivity index (χ2v) is 7.21. The van der Waals surface area contributed by atoms with E-state index in [1.165, 1.54) is 0 Å². The predicted octanol–water partition coefficient (Wildman–Crippen LogP) is 2.53. The Balaban J connectivity index is 1.57. The summed E-state index contributed by atoms with van der Waals surface area (Å²) >= 11 is 0. The van der Waals surface area contributed by atoms with Gasteiger partial charge in [0.05, 0.1) is 0 Å². The highest BCUT2D eigenvalue weighted by atomic mass is 16.2. The molecule has 1 N–H and O–H groups in total. The number of aromatic nitrogens is 2. The summed E-state index contributed by atoms with van der Waals surface area (Å²) < 4.78 is 2.23. The number of urea groups is 1. The van der Waals surface area contributed by atoms with Gasteiger partial charge in [-0.15, -0.1) is 0 Å². The van der Waals surface area contributed by atoms with Gasteiger partial charge < -0.3 is 19.7 Å². The van der Waals surface area contributed by atoms with Crippen LogP contribution in [-0.2, 0) is 13.1 Å². The van der Waals surface area contributed by atoms with E-state index in [0.29, 0.717) is 12.5 Å². The predicted molar refractivity (Wildman–Crippen MR) is 103 cm³/mol. The van der Waals surface area contributed by atoms with Gasteiger partial charge in [0.15, 0.2) is 0 Å². The maximum absolute atomic E-state index is 12.6. The number of amides is 2. The lowest BCUT2D eigenvalue weighted by Gasteiger charge is -2.32. The fourth-order valence-corrected chi connectivity index (χ4v) is 3.44. The summed E-state index contributed by atoms with van der Waals surface area (Å²) in [4.78, 5) is 21.3. The minimum atomic E-state index is 0.0185. The van der Waals surface area contributed by atoms with Crippen molar-refractivity contribution in [3.05, 3.63) is 54.1 Å². The standard InChI is InChI=1S/C20H29N5O/c1-23(2)13-14-24-12-10-21-19(24)18-9-6-11-25(16-18)20(26)22-15-17-7-4-3-5-8-17/h3-5,7-8,10,12,18H,6,9,11,13-16H2,1-2H3,(H,22,26)/t18-/m0/s1. The third-order valence-corrected chi connectivity index (χ3v) is 4.90. The van der Waals surface area contributed by atoms with Crippen molar-refractivity contribution < 1.29 is 4.79 Å². The summed E-state index contributed by atoms with van der Waals surface area (Å²) in [5.41, 5.74) is 1.12. The highest BCUT2D eigenvalue weighted by Crippen LogP contribution is 2.26. The van der Waals surface area contributed by atoms with E-state index < -0.39 is 0 Å². The molecule has 1 aromatic heterocycles. The molecule has 0 bridgehead atoms. The molecule has 0 unspecified atom stereocenters. The molecular formula is C20H29N5O. The zero-order chi connectivity index (χ0) is 18.4. The van der Waals surface area contributed by atoms with Gasteiger partial charge >= 0.3 is 6.03 Å². The molecule has 0 spiro atoms. The fourth-order valence-electron chi connectivity index (χ4n) is 3.44. The number of rotatable bonds is 6. The lowest BCUT2D eigenvalue weighted by atomic mass is 9.97. The van der Waals surface area contributed by atoms with Crippen LogP contribution in [-0.4, -0.2) is 59.1 Å². The maximum Gasteiger partial charge on any atom is 0.317 e. The molecule has 1 atom stereocenters. The minimum Gasteiger partial charge on any atom is -0.334 e. The van der Waals surface area contributed by atoms with E-state index in [4.69, 9.17) is 0 Å². The highest BCUT2D eigenvalue weighted by molar-refractivity contribution is 5.74. The van der Waals surface area contributed by atoms with E-state index in [2.05, 4.69) is 33.9 Å². The Labute approximate surface area is 155 Å². The monoisotopic (exact) mass is 355 g/mol. The molecule has 2 amide bonds. The quantitative estimate of drug-likeness (QED) is 0.866. The van der Waals surface area contributed by atoms with Crippen LogP contribution in [0.1, 0.15) is 30.1 Å². The Morgan fingerprint density at radius 1 is 1.31 bits per heavy atom. The number of imidazole rings is 1. The first kappa shape index (κ1) is 18.5. The molecule has 1 aliphatic rings. The fraction of sp³-hybridized carbons (Fsp3) is 0.500. The number of piperidine rings is 1. The highest BCUT2D eigenvalue weighted by Gasteiger charge is 2.27. The summed E-state index contributed by atoms with van der Waals surface area (Å²) in [6.45, 7) is 4.03. The molecule has 2 heterocycles. The van der Waals surface area contributed by atoms with Gasteiger partial charge in [-0.2, -0.15) is 0 Å². The molecule has 0 saturated carbocycles. The van der Waals surface area contributed by atoms with Crippen LogP contribution < -0.4 is 5.32 Å². The third kappa shape index (κ3) is 4.85.